The van der Waals surface area contributed by atoms with E-state index in [9.17, 15) is 26.4 Å². The van der Waals surface area contributed by atoms with E-state index in [4.69, 9.17) is 4.74 Å². The van der Waals surface area contributed by atoms with Crippen molar-refractivity contribution in [3.63, 3.8) is 0 Å². The highest BCUT2D eigenvalue weighted by Crippen LogP contribution is 2.53. The number of hydrogen-bond donors (Lipinski definition) is 0. The van der Waals surface area contributed by atoms with E-state index in [2.05, 4.69) is 0 Å². The summed E-state index contributed by atoms with van der Waals surface area (Å²) in [5.41, 5.74) is 0.365. The molecule has 13 heteroatoms. The molecule has 0 N–H and O–H groups in total. The third-order valence-electron chi connectivity index (χ3n) is 8.33. The number of hydrogen-bond acceptors (Lipinski definition) is 6. The lowest BCUT2D eigenvalue weighted by Gasteiger charge is -2.30. The first-order valence-electron chi connectivity index (χ1n) is 13.6. The Morgan fingerprint density at radius 1 is 1.02 bits per heavy atom. The second kappa shape index (κ2) is 11.3. The molecule has 0 bridgehead atoms. The van der Waals surface area contributed by atoms with Crippen molar-refractivity contribution in [3.8, 4) is 0 Å². The second-order valence-corrected chi connectivity index (χ2v) is 13.8. The minimum atomic E-state index is -4.49. The molecule has 224 valence electrons. The van der Waals surface area contributed by atoms with Crippen molar-refractivity contribution >= 4 is 38.6 Å². The van der Waals surface area contributed by atoms with Gasteiger partial charge in [0.25, 0.3) is 5.91 Å². The summed E-state index contributed by atoms with van der Waals surface area (Å²) < 4.78 is 86.7. The summed E-state index contributed by atoms with van der Waals surface area (Å²) in [6.07, 6.45) is -4.49. The van der Waals surface area contributed by atoms with Crippen molar-refractivity contribution in [1.82, 2.24) is 4.31 Å². The zero-order chi connectivity index (χ0) is 29.6. The van der Waals surface area contributed by atoms with Gasteiger partial charge in [-0.15, -0.1) is 11.3 Å². The number of ether oxygens (including phenoxy) is 1. The Balaban J connectivity index is 1.13. The molecule has 3 aromatic rings. The summed E-state index contributed by atoms with van der Waals surface area (Å²) >= 11 is 1.30. The van der Waals surface area contributed by atoms with Gasteiger partial charge in [-0.3, -0.25) is 4.79 Å². The number of fused-ring (bicyclic) bond motifs is 1. The van der Waals surface area contributed by atoms with Crippen LogP contribution < -0.4 is 9.80 Å². The number of nitrogens with zero attached hydrogens (tertiary/aromatic N) is 3. The molecule has 3 heterocycles. The topological polar surface area (TPSA) is 70.2 Å². The third kappa shape index (κ3) is 5.92. The van der Waals surface area contributed by atoms with Crippen molar-refractivity contribution in [1.29, 1.82) is 0 Å². The lowest BCUT2D eigenvalue weighted by Crippen LogP contribution is -2.38. The van der Waals surface area contributed by atoms with Crippen LogP contribution >= 0.6 is 11.3 Å². The highest BCUT2D eigenvalue weighted by molar-refractivity contribution is 7.88. The highest BCUT2D eigenvalue weighted by atomic mass is 32.2. The van der Waals surface area contributed by atoms with Gasteiger partial charge in [0.05, 0.1) is 35.1 Å². The fraction of sp³-hybridized carbons (Fsp3) is 0.414. The Morgan fingerprint density at radius 2 is 1.71 bits per heavy atom. The lowest BCUT2D eigenvalue weighted by atomic mass is 10.1. The number of anilines is 2. The van der Waals surface area contributed by atoms with Gasteiger partial charge in [0, 0.05) is 38.4 Å². The first-order chi connectivity index (χ1) is 20.0. The molecule has 42 heavy (non-hydrogen) atoms. The predicted octanol–water partition coefficient (Wildman–Crippen LogP) is 5.10. The summed E-state index contributed by atoms with van der Waals surface area (Å²) in [7, 11) is -3.73. The van der Waals surface area contributed by atoms with Gasteiger partial charge in [-0.1, -0.05) is 18.2 Å². The number of amides is 1. The molecule has 0 spiro atoms. The van der Waals surface area contributed by atoms with E-state index in [1.54, 1.807) is 34.5 Å². The number of thiophene rings is 1. The molecule has 2 atom stereocenters. The molecule has 1 amide bonds. The minimum Gasteiger partial charge on any atom is -0.378 e. The summed E-state index contributed by atoms with van der Waals surface area (Å²) in [6.45, 7) is 3.09. The Bertz CT molecular complexity index is 1530. The zero-order valence-corrected chi connectivity index (χ0v) is 24.1. The summed E-state index contributed by atoms with van der Waals surface area (Å²) in [5.74, 6) is -0.900. The molecular weight excluding hydrogens is 594 g/mol. The van der Waals surface area contributed by atoms with Crippen LogP contribution in [0.2, 0.25) is 0 Å². The van der Waals surface area contributed by atoms with Crippen molar-refractivity contribution in [2.45, 2.75) is 11.9 Å². The molecule has 1 aliphatic carbocycles. The van der Waals surface area contributed by atoms with Crippen LogP contribution in [-0.2, 0) is 26.7 Å². The average Bonchev–Trinajstić information content (AvgIpc) is 3.35. The molecule has 1 aromatic heterocycles. The summed E-state index contributed by atoms with van der Waals surface area (Å²) in [5, 5.41) is 1.80. The molecule has 0 radical (unpaired) electrons. The Labute approximate surface area is 245 Å². The van der Waals surface area contributed by atoms with E-state index in [0.29, 0.717) is 49.1 Å². The van der Waals surface area contributed by atoms with Gasteiger partial charge in [-0.05, 0) is 65.1 Å². The fourth-order valence-corrected chi connectivity index (χ4v) is 8.24. The van der Waals surface area contributed by atoms with E-state index < -0.39 is 27.6 Å². The maximum absolute atomic E-state index is 15.3. The standard InChI is InChI=1S/C29H29F4N3O4S2/c30-25-14-21(7-8-26(25)34-9-11-40-12-10-34)36(28(37)27-2-1-13-41-27)17-24-22-15-35(16-23(22)24)42(38,39)18-19-3-5-20(6-4-19)29(31,32)33/h1-8,13-14,22-24H,9-12,15-18H2. The number of piperidine rings is 1. The number of rotatable bonds is 8. The van der Waals surface area contributed by atoms with Crippen LogP contribution in [0.3, 0.4) is 0 Å². The van der Waals surface area contributed by atoms with Crippen LogP contribution in [-0.4, -0.2) is 64.6 Å². The number of carbonyl (C=O) groups excluding carboxylic acids is 1. The number of halogens is 4. The molecule has 2 unspecified atom stereocenters. The Hall–Kier alpha value is -3.00. The van der Waals surface area contributed by atoms with E-state index in [0.717, 1.165) is 12.1 Å². The molecule has 1 saturated carbocycles. The van der Waals surface area contributed by atoms with Crippen LogP contribution in [0.5, 0.6) is 0 Å². The van der Waals surface area contributed by atoms with E-state index >= 15 is 4.39 Å². The number of benzene rings is 2. The third-order valence-corrected chi connectivity index (χ3v) is 11.0. The maximum Gasteiger partial charge on any atom is 0.416 e. The quantitative estimate of drug-likeness (QED) is 0.327. The van der Waals surface area contributed by atoms with Gasteiger partial charge in [0.15, 0.2) is 0 Å². The van der Waals surface area contributed by atoms with Gasteiger partial charge in [0.1, 0.15) is 5.82 Å². The largest absolute Gasteiger partial charge is 0.416 e. The number of morpholine rings is 1. The van der Waals surface area contributed by atoms with Crippen LogP contribution in [0, 0.1) is 23.6 Å². The van der Waals surface area contributed by atoms with Crippen molar-refractivity contribution < 1.29 is 35.5 Å². The molecule has 3 fully saturated rings. The van der Waals surface area contributed by atoms with Crippen LogP contribution in [0.15, 0.2) is 60.0 Å². The number of sulfonamides is 1. The Kier molecular flexibility index (Phi) is 7.79. The SMILES string of the molecule is O=C(c1cccs1)N(CC1C2CN(S(=O)(=O)Cc3ccc(C(F)(F)F)cc3)CC12)c1ccc(N2CCOCC2)c(F)c1. The smallest absolute Gasteiger partial charge is 0.378 e. The first-order valence-corrected chi connectivity index (χ1v) is 16.1. The first kappa shape index (κ1) is 29.1. The highest BCUT2D eigenvalue weighted by Gasteiger charge is 2.58. The van der Waals surface area contributed by atoms with Gasteiger partial charge in [0.2, 0.25) is 10.0 Å². The molecule has 7 nitrogen and oxygen atoms in total. The van der Waals surface area contributed by atoms with Crippen molar-refractivity contribution in [3.05, 3.63) is 81.8 Å². The summed E-state index contributed by atoms with van der Waals surface area (Å²) in [6, 6.07) is 12.5. The molecule has 2 saturated heterocycles. The average molecular weight is 624 g/mol. The van der Waals surface area contributed by atoms with Crippen LogP contribution in [0.25, 0.3) is 0 Å². The Morgan fingerprint density at radius 3 is 2.31 bits per heavy atom. The molecular formula is C29H29F4N3O4S2. The van der Waals surface area contributed by atoms with E-state index in [-0.39, 0.29) is 48.1 Å². The maximum atomic E-state index is 15.3. The van der Waals surface area contributed by atoms with Crippen LogP contribution in [0.4, 0.5) is 28.9 Å². The van der Waals surface area contributed by atoms with Gasteiger partial charge >= 0.3 is 6.18 Å². The zero-order valence-electron chi connectivity index (χ0n) is 22.5. The number of carbonyl (C=O) groups is 1. The van der Waals surface area contributed by atoms with Gasteiger partial charge in [-0.2, -0.15) is 13.2 Å². The monoisotopic (exact) mass is 623 g/mol. The molecule has 2 aromatic carbocycles. The minimum absolute atomic E-state index is 0.0449. The fourth-order valence-electron chi connectivity index (χ4n) is 5.97. The molecule has 3 aliphatic rings. The van der Waals surface area contributed by atoms with Crippen molar-refractivity contribution in [2.75, 3.05) is 55.7 Å². The van der Waals surface area contributed by atoms with E-state index in [1.807, 2.05) is 4.90 Å². The molecule has 2 aliphatic heterocycles. The molecule has 6 rings (SSSR count). The van der Waals surface area contributed by atoms with Gasteiger partial charge < -0.3 is 14.5 Å². The second-order valence-electron chi connectivity index (χ2n) is 10.9. The summed E-state index contributed by atoms with van der Waals surface area (Å²) in [4.78, 5) is 17.5. The van der Waals surface area contributed by atoms with Crippen molar-refractivity contribution in [2.24, 2.45) is 17.8 Å². The lowest BCUT2D eigenvalue weighted by molar-refractivity contribution is -0.137. The normalized spacial score (nSPS) is 22.7. The predicted molar refractivity (Wildman–Crippen MR) is 152 cm³/mol. The van der Waals surface area contributed by atoms with Crippen LogP contribution in [0.1, 0.15) is 20.8 Å². The van der Waals surface area contributed by atoms with E-state index in [1.165, 1.54) is 33.8 Å². The van der Waals surface area contributed by atoms with Gasteiger partial charge in [-0.25, -0.2) is 17.1 Å². The number of alkyl halides is 3.